The van der Waals surface area contributed by atoms with Gasteiger partial charge in [-0.2, -0.15) is 0 Å². The minimum atomic E-state index is -1.28. The number of amides is 1. The largest absolute Gasteiger partial charge is 0.480 e. The van der Waals surface area contributed by atoms with Crippen LogP contribution in [0, 0.1) is 13.8 Å². The molecule has 1 rings (SSSR count). The summed E-state index contributed by atoms with van der Waals surface area (Å²) in [6, 6.07) is 4.37. The normalized spacial score (nSPS) is 13.7. The van der Waals surface area contributed by atoms with Crippen molar-refractivity contribution >= 4 is 11.9 Å². The van der Waals surface area contributed by atoms with Gasteiger partial charge in [-0.15, -0.1) is 0 Å². The molecule has 3 N–H and O–H groups in total. The number of aryl methyl sites for hydroxylation is 2. The molecule has 0 heterocycles. The molecule has 1 aromatic carbocycles. The van der Waals surface area contributed by atoms with Gasteiger partial charge in [0.25, 0.3) is 0 Å². The number of carboxylic acids is 1. The highest BCUT2D eigenvalue weighted by Gasteiger charge is 2.24. The van der Waals surface area contributed by atoms with Gasteiger partial charge in [-0.25, -0.2) is 4.79 Å². The highest BCUT2D eigenvalue weighted by Crippen LogP contribution is 2.10. The Labute approximate surface area is 112 Å². The van der Waals surface area contributed by atoms with E-state index in [0.29, 0.717) is 0 Å². The fourth-order valence-corrected chi connectivity index (χ4v) is 1.71. The number of carboxylic acid groups (broad SMARTS) is 1. The van der Waals surface area contributed by atoms with Gasteiger partial charge >= 0.3 is 5.97 Å². The maximum Gasteiger partial charge on any atom is 0.328 e. The molecular weight excluding hydrogens is 246 g/mol. The zero-order valence-electron chi connectivity index (χ0n) is 11.3. The molecule has 0 fully saturated rings. The van der Waals surface area contributed by atoms with Crippen molar-refractivity contribution in [2.45, 2.75) is 39.3 Å². The highest BCUT2D eigenvalue weighted by atomic mass is 16.4. The van der Waals surface area contributed by atoms with Gasteiger partial charge in [0.15, 0.2) is 6.04 Å². The lowest BCUT2D eigenvalue weighted by Crippen LogP contribution is -2.48. The number of aliphatic carboxylic acids is 1. The van der Waals surface area contributed by atoms with Gasteiger partial charge in [-0.3, -0.25) is 4.79 Å². The van der Waals surface area contributed by atoms with Crippen molar-refractivity contribution in [1.82, 2.24) is 5.32 Å². The molecule has 0 bridgehead atoms. The average molecular weight is 265 g/mol. The van der Waals surface area contributed by atoms with Crippen LogP contribution in [0.25, 0.3) is 0 Å². The number of aliphatic hydroxyl groups excluding tert-OH is 1. The van der Waals surface area contributed by atoms with E-state index >= 15 is 0 Å². The second-order valence-corrected chi connectivity index (χ2v) is 4.72. The summed E-state index contributed by atoms with van der Waals surface area (Å²) in [7, 11) is 0. The SMILES string of the molecule is Cc1ccc(CC(=O)N[C@H](C(=O)O)[C@@H](C)O)cc1C. The fraction of sp³-hybridized carbons (Fsp3) is 0.429. The van der Waals surface area contributed by atoms with E-state index < -0.39 is 24.0 Å². The van der Waals surface area contributed by atoms with Crippen molar-refractivity contribution in [3.05, 3.63) is 34.9 Å². The quantitative estimate of drug-likeness (QED) is 0.735. The summed E-state index contributed by atoms with van der Waals surface area (Å²) in [5, 5.41) is 20.5. The summed E-state index contributed by atoms with van der Waals surface area (Å²) >= 11 is 0. The molecule has 0 aliphatic heterocycles. The minimum absolute atomic E-state index is 0.0949. The predicted octanol–water partition coefficient (Wildman–Crippen LogP) is 0.796. The summed E-state index contributed by atoms with van der Waals surface area (Å²) in [5.41, 5.74) is 3.03. The van der Waals surface area contributed by atoms with E-state index in [1.54, 1.807) is 0 Å². The smallest absolute Gasteiger partial charge is 0.328 e. The van der Waals surface area contributed by atoms with Crippen molar-refractivity contribution < 1.29 is 19.8 Å². The topological polar surface area (TPSA) is 86.6 Å². The van der Waals surface area contributed by atoms with Crippen LogP contribution in [0.4, 0.5) is 0 Å². The van der Waals surface area contributed by atoms with E-state index in [0.717, 1.165) is 16.7 Å². The molecule has 19 heavy (non-hydrogen) atoms. The summed E-state index contributed by atoms with van der Waals surface area (Å²) in [6.45, 7) is 5.26. The highest BCUT2D eigenvalue weighted by molar-refractivity contribution is 5.85. The molecular formula is C14H19NO4. The molecule has 5 nitrogen and oxygen atoms in total. The monoisotopic (exact) mass is 265 g/mol. The maximum absolute atomic E-state index is 11.7. The van der Waals surface area contributed by atoms with Gasteiger partial charge in [0.1, 0.15) is 0 Å². The molecule has 0 aromatic heterocycles. The van der Waals surface area contributed by atoms with E-state index in [4.69, 9.17) is 5.11 Å². The van der Waals surface area contributed by atoms with Crippen LogP contribution >= 0.6 is 0 Å². The lowest BCUT2D eigenvalue weighted by Gasteiger charge is -2.17. The van der Waals surface area contributed by atoms with Gasteiger partial charge in [-0.05, 0) is 37.5 Å². The van der Waals surface area contributed by atoms with E-state index in [1.807, 2.05) is 32.0 Å². The first-order valence-corrected chi connectivity index (χ1v) is 6.07. The van der Waals surface area contributed by atoms with Crippen LogP contribution in [0.5, 0.6) is 0 Å². The molecule has 104 valence electrons. The Bertz CT molecular complexity index is 482. The molecule has 0 radical (unpaired) electrons. The van der Waals surface area contributed by atoms with Crippen molar-refractivity contribution in [1.29, 1.82) is 0 Å². The number of nitrogens with one attached hydrogen (secondary N) is 1. The molecule has 0 saturated heterocycles. The van der Waals surface area contributed by atoms with Gasteiger partial charge in [-0.1, -0.05) is 18.2 Å². The number of carbonyl (C=O) groups excluding carboxylic acids is 1. The van der Waals surface area contributed by atoms with E-state index in [9.17, 15) is 14.7 Å². The molecule has 0 aliphatic rings. The van der Waals surface area contributed by atoms with Crippen LogP contribution in [-0.4, -0.2) is 34.2 Å². The average Bonchev–Trinajstić information content (AvgIpc) is 2.30. The zero-order valence-corrected chi connectivity index (χ0v) is 11.3. The third-order valence-electron chi connectivity index (χ3n) is 3.00. The molecule has 0 unspecified atom stereocenters. The summed E-state index contributed by atoms with van der Waals surface area (Å²) < 4.78 is 0. The Hall–Kier alpha value is -1.88. The van der Waals surface area contributed by atoms with Crippen LogP contribution in [0.15, 0.2) is 18.2 Å². The van der Waals surface area contributed by atoms with Crippen molar-refractivity contribution in [3.8, 4) is 0 Å². The number of hydrogen-bond acceptors (Lipinski definition) is 3. The van der Waals surface area contributed by atoms with E-state index in [2.05, 4.69) is 5.32 Å². The molecule has 0 saturated carbocycles. The van der Waals surface area contributed by atoms with Crippen LogP contribution in [0.3, 0.4) is 0 Å². The van der Waals surface area contributed by atoms with Gasteiger partial charge in [0.2, 0.25) is 5.91 Å². The number of aliphatic hydroxyl groups is 1. The number of hydrogen-bond donors (Lipinski definition) is 3. The second kappa shape index (κ2) is 6.33. The molecule has 1 aromatic rings. The lowest BCUT2D eigenvalue weighted by molar-refractivity contribution is -0.144. The van der Waals surface area contributed by atoms with Crippen molar-refractivity contribution in [2.24, 2.45) is 0 Å². The summed E-state index contributed by atoms with van der Waals surface area (Å²) in [5.74, 6) is -1.67. The van der Waals surface area contributed by atoms with Crippen LogP contribution in [-0.2, 0) is 16.0 Å². The maximum atomic E-state index is 11.7. The standard InChI is InChI=1S/C14H19NO4/c1-8-4-5-11(6-9(8)2)7-12(17)15-13(10(3)16)14(18)19/h4-6,10,13,16H,7H2,1-3H3,(H,15,17)(H,18,19)/t10-,13+/m1/s1. The Kier molecular flexibility index (Phi) is 5.06. The van der Waals surface area contributed by atoms with Crippen LogP contribution < -0.4 is 5.32 Å². The number of carbonyl (C=O) groups is 2. The molecule has 0 aliphatic carbocycles. The van der Waals surface area contributed by atoms with Crippen molar-refractivity contribution in [2.75, 3.05) is 0 Å². The van der Waals surface area contributed by atoms with E-state index in [1.165, 1.54) is 6.92 Å². The number of rotatable bonds is 5. The first-order chi connectivity index (χ1) is 8.81. The Morgan fingerprint density at radius 1 is 1.26 bits per heavy atom. The van der Waals surface area contributed by atoms with Crippen LogP contribution in [0.2, 0.25) is 0 Å². The molecule has 2 atom stereocenters. The van der Waals surface area contributed by atoms with Gasteiger partial charge in [0.05, 0.1) is 12.5 Å². The third kappa shape index (κ3) is 4.37. The van der Waals surface area contributed by atoms with Gasteiger partial charge in [0, 0.05) is 0 Å². The zero-order chi connectivity index (χ0) is 14.6. The first-order valence-electron chi connectivity index (χ1n) is 6.07. The first kappa shape index (κ1) is 15.2. The third-order valence-corrected chi connectivity index (χ3v) is 3.00. The second-order valence-electron chi connectivity index (χ2n) is 4.72. The summed E-state index contributed by atoms with van der Waals surface area (Å²) in [6.07, 6.45) is -1.04. The number of benzene rings is 1. The lowest BCUT2D eigenvalue weighted by atomic mass is 10.0. The van der Waals surface area contributed by atoms with Crippen LogP contribution in [0.1, 0.15) is 23.6 Å². The predicted molar refractivity (Wildman–Crippen MR) is 70.9 cm³/mol. The van der Waals surface area contributed by atoms with E-state index in [-0.39, 0.29) is 6.42 Å². The molecule has 0 spiro atoms. The minimum Gasteiger partial charge on any atom is -0.480 e. The Balaban J connectivity index is 2.69. The molecule has 5 heteroatoms. The Morgan fingerprint density at radius 3 is 2.37 bits per heavy atom. The molecule has 1 amide bonds. The fourth-order valence-electron chi connectivity index (χ4n) is 1.71. The van der Waals surface area contributed by atoms with Crippen molar-refractivity contribution in [3.63, 3.8) is 0 Å². The summed E-state index contributed by atoms with van der Waals surface area (Å²) in [4.78, 5) is 22.6. The van der Waals surface area contributed by atoms with Gasteiger partial charge < -0.3 is 15.5 Å². The Morgan fingerprint density at radius 2 is 1.89 bits per heavy atom.